The van der Waals surface area contributed by atoms with Gasteiger partial charge in [-0.25, -0.2) is 9.97 Å². The molecule has 49 heavy (non-hydrogen) atoms. The summed E-state index contributed by atoms with van der Waals surface area (Å²) >= 11 is 0. The summed E-state index contributed by atoms with van der Waals surface area (Å²) < 4.78 is 2.37. The van der Waals surface area contributed by atoms with Gasteiger partial charge in [-0.15, -0.1) is 0 Å². The Morgan fingerprint density at radius 1 is 0.306 bits per heavy atom. The fraction of sp³-hybridized carbons (Fsp3) is 0. The van der Waals surface area contributed by atoms with Gasteiger partial charge in [0.15, 0.2) is 5.82 Å². The first-order valence-electron chi connectivity index (χ1n) is 16.6. The Hall–Kier alpha value is -6.58. The summed E-state index contributed by atoms with van der Waals surface area (Å²) in [4.78, 5) is 10.0. The van der Waals surface area contributed by atoms with Gasteiger partial charge in [-0.2, -0.15) is 0 Å². The highest BCUT2D eigenvalue weighted by molar-refractivity contribution is 6.09. The Balaban J connectivity index is 1.11. The molecule has 0 aliphatic heterocycles. The molecular weight excluding hydrogens is 595 g/mol. The molecule has 3 heteroatoms. The molecule has 2 aromatic heterocycles. The molecule has 0 aliphatic rings. The summed E-state index contributed by atoms with van der Waals surface area (Å²) in [5.41, 5.74) is 13.1. The first-order chi connectivity index (χ1) is 24.3. The predicted molar refractivity (Wildman–Crippen MR) is 204 cm³/mol. The summed E-state index contributed by atoms with van der Waals surface area (Å²) in [6.45, 7) is 0. The van der Waals surface area contributed by atoms with E-state index in [4.69, 9.17) is 9.97 Å². The molecule has 0 N–H and O–H groups in total. The molecule has 0 saturated carbocycles. The zero-order chi connectivity index (χ0) is 32.6. The summed E-state index contributed by atoms with van der Waals surface area (Å²) in [7, 11) is 0. The minimum absolute atomic E-state index is 0.715. The number of rotatable bonds is 6. The molecule has 0 atom stereocenters. The molecule has 0 bridgehead atoms. The standard InChI is InChI=1S/C46H31N3/c1-3-14-32(15-4-1)42-31-43(48-46(47-42)33-16-5-2-6-17-33)38-22-12-20-36(29-38)34-18-11-19-35(28-34)37-21-13-23-39(30-37)49-44-26-9-7-24-40(44)41-25-8-10-27-45(41)49/h1-31H. The molecule has 9 rings (SSSR count). The normalized spacial score (nSPS) is 11.3. The SMILES string of the molecule is c1ccc(-c2cc(-c3cccc(-c4cccc(-c5cccc(-n6c7ccccc7c7ccccc76)c5)c4)c3)nc(-c3ccccc3)n2)cc1. The van der Waals surface area contributed by atoms with Crippen molar-refractivity contribution in [2.45, 2.75) is 0 Å². The molecule has 7 aromatic carbocycles. The van der Waals surface area contributed by atoms with Crippen LogP contribution in [0.3, 0.4) is 0 Å². The van der Waals surface area contributed by atoms with Crippen molar-refractivity contribution in [2.75, 3.05) is 0 Å². The second-order valence-corrected chi connectivity index (χ2v) is 12.3. The lowest BCUT2D eigenvalue weighted by Crippen LogP contribution is -1.96. The lowest BCUT2D eigenvalue weighted by atomic mass is 9.97. The molecule has 0 fully saturated rings. The van der Waals surface area contributed by atoms with Crippen LogP contribution in [0.5, 0.6) is 0 Å². The third-order valence-electron chi connectivity index (χ3n) is 9.20. The van der Waals surface area contributed by atoms with E-state index in [1.807, 2.05) is 36.4 Å². The average Bonchev–Trinajstić information content (AvgIpc) is 3.53. The molecule has 0 amide bonds. The van der Waals surface area contributed by atoms with Gasteiger partial charge < -0.3 is 4.57 Å². The second kappa shape index (κ2) is 12.2. The number of benzene rings is 7. The maximum absolute atomic E-state index is 5.06. The number of para-hydroxylation sites is 2. The molecule has 3 nitrogen and oxygen atoms in total. The Kier molecular flexibility index (Phi) is 7.14. The van der Waals surface area contributed by atoms with Gasteiger partial charge in [0.2, 0.25) is 0 Å². The van der Waals surface area contributed by atoms with Gasteiger partial charge in [-0.3, -0.25) is 0 Å². The highest BCUT2D eigenvalue weighted by atomic mass is 15.0. The van der Waals surface area contributed by atoms with Crippen molar-refractivity contribution in [3.8, 4) is 61.8 Å². The van der Waals surface area contributed by atoms with Crippen LogP contribution < -0.4 is 0 Å². The van der Waals surface area contributed by atoms with Crippen molar-refractivity contribution in [3.05, 3.63) is 188 Å². The van der Waals surface area contributed by atoms with Gasteiger partial charge in [0.1, 0.15) is 0 Å². The lowest BCUT2D eigenvalue weighted by Gasteiger charge is -2.12. The third kappa shape index (κ3) is 5.38. The molecule has 9 aromatic rings. The van der Waals surface area contributed by atoms with Crippen LogP contribution >= 0.6 is 0 Å². The van der Waals surface area contributed by atoms with Crippen LogP contribution in [0.15, 0.2) is 188 Å². The van der Waals surface area contributed by atoms with Gasteiger partial charge in [-0.1, -0.05) is 146 Å². The Labute approximate surface area is 285 Å². The van der Waals surface area contributed by atoms with E-state index < -0.39 is 0 Å². The van der Waals surface area contributed by atoms with Crippen LogP contribution in [0.2, 0.25) is 0 Å². The summed E-state index contributed by atoms with van der Waals surface area (Å²) in [6, 6.07) is 66.2. The molecule has 0 aliphatic carbocycles. The van der Waals surface area contributed by atoms with Crippen molar-refractivity contribution in [2.24, 2.45) is 0 Å². The van der Waals surface area contributed by atoms with Crippen LogP contribution in [0.4, 0.5) is 0 Å². The van der Waals surface area contributed by atoms with Gasteiger partial charge >= 0.3 is 0 Å². The summed E-state index contributed by atoms with van der Waals surface area (Å²) in [6.07, 6.45) is 0. The quantitative estimate of drug-likeness (QED) is 0.184. The van der Waals surface area contributed by atoms with Gasteiger partial charge in [0, 0.05) is 33.2 Å². The number of fused-ring (bicyclic) bond motifs is 3. The zero-order valence-corrected chi connectivity index (χ0v) is 26.7. The van der Waals surface area contributed by atoms with Crippen molar-refractivity contribution in [1.82, 2.24) is 14.5 Å². The number of nitrogens with zero attached hydrogens (tertiary/aromatic N) is 3. The monoisotopic (exact) mass is 625 g/mol. The molecule has 0 radical (unpaired) electrons. The van der Waals surface area contributed by atoms with Gasteiger partial charge in [-0.05, 0) is 64.7 Å². The fourth-order valence-corrected chi connectivity index (χ4v) is 6.83. The summed E-state index contributed by atoms with van der Waals surface area (Å²) in [5.74, 6) is 0.715. The van der Waals surface area contributed by atoms with Crippen LogP contribution in [-0.2, 0) is 0 Å². The number of hydrogen-bond donors (Lipinski definition) is 0. The van der Waals surface area contributed by atoms with E-state index in [2.05, 4.69) is 156 Å². The molecule has 2 heterocycles. The number of aromatic nitrogens is 3. The van der Waals surface area contributed by atoms with Crippen molar-refractivity contribution < 1.29 is 0 Å². The third-order valence-corrected chi connectivity index (χ3v) is 9.20. The molecule has 230 valence electrons. The van der Waals surface area contributed by atoms with Crippen molar-refractivity contribution in [3.63, 3.8) is 0 Å². The van der Waals surface area contributed by atoms with E-state index in [-0.39, 0.29) is 0 Å². The molecular formula is C46H31N3. The smallest absolute Gasteiger partial charge is 0.160 e. The minimum Gasteiger partial charge on any atom is -0.309 e. The van der Waals surface area contributed by atoms with Crippen LogP contribution in [0, 0.1) is 0 Å². The van der Waals surface area contributed by atoms with E-state index >= 15 is 0 Å². The first-order valence-corrected chi connectivity index (χ1v) is 16.6. The minimum atomic E-state index is 0.715. The highest BCUT2D eigenvalue weighted by Gasteiger charge is 2.14. The van der Waals surface area contributed by atoms with Crippen molar-refractivity contribution in [1.29, 1.82) is 0 Å². The van der Waals surface area contributed by atoms with E-state index in [9.17, 15) is 0 Å². The lowest BCUT2D eigenvalue weighted by molar-refractivity contribution is 1.18. The topological polar surface area (TPSA) is 30.7 Å². The van der Waals surface area contributed by atoms with Crippen LogP contribution in [0.1, 0.15) is 0 Å². The maximum atomic E-state index is 5.06. The second-order valence-electron chi connectivity index (χ2n) is 12.3. The van der Waals surface area contributed by atoms with E-state index in [0.717, 1.165) is 44.9 Å². The van der Waals surface area contributed by atoms with Gasteiger partial charge in [0.05, 0.1) is 22.4 Å². The molecule has 0 saturated heterocycles. The van der Waals surface area contributed by atoms with Crippen LogP contribution in [-0.4, -0.2) is 14.5 Å². The number of hydrogen-bond acceptors (Lipinski definition) is 2. The average molecular weight is 626 g/mol. The van der Waals surface area contributed by atoms with E-state index in [1.54, 1.807) is 0 Å². The Bertz CT molecular complexity index is 2490. The Morgan fingerprint density at radius 2 is 0.735 bits per heavy atom. The van der Waals surface area contributed by atoms with E-state index in [1.165, 1.54) is 32.9 Å². The summed E-state index contributed by atoms with van der Waals surface area (Å²) in [5, 5.41) is 2.53. The largest absolute Gasteiger partial charge is 0.309 e. The predicted octanol–water partition coefficient (Wildman–Crippen LogP) is 11.9. The van der Waals surface area contributed by atoms with Crippen molar-refractivity contribution >= 4 is 21.8 Å². The first kappa shape index (κ1) is 28.6. The van der Waals surface area contributed by atoms with E-state index in [0.29, 0.717) is 5.82 Å². The zero-order valence-electron chi connectivity index (χ0n) is 26.7. The van der Waals surface area contributed by atoms with Crippen LogP contribution in [0.25, 0.3) is 83.6 Å². The van der Waals surface area contributed by atoms with Gasteiger partial charge in [0.25, 0.3) is 0 Å². The maximum Gasteiger partial charge on any atom is 0.160 e. The molecule has 0 spiro atoms. The Morgan fingerprint density at radius 3 is 1.35 bits per heavy atom. The molecule has 0 unspecified atom stereocenters. The highest BCUT2D eigenvalue weighted by Crippen LogP contribution is 2.35. The fourth-order valence-electron chi connectivity index (χ4n) is 6.83.